The Balaban J connectivity index is 2.44. The van der Waals surface area contributed by atoms with Crippen LogP contribution in [0, 0.1) is 0 Å². The van der Waals surface area contributed by atoms with Gasteiger partial charge in [-0.25, -0.2) is 4.79 Å². The van der Waals surface area contributed by atoms with Crippen molar-refractivity contribution < 1.29 is 9.53 Å². The Bertz CT molecular complexity index is 601. The molecule has 0 bridgehead atoms. The summed E-state index contributed by atoms with van der Waals surface area (Å²) in [5.41, 5.74) is 7.09. The molecule has 106 valence electrons. The van der Waals surface area contributed by atoms with Crippen molar-refractivity contribution in [1.82, 2.24) is 10.2 Å². The maximum Gasteiger partial charge on any atom is 0.361 e. The number of esters is 1. The molecular formula is C14H18N4O2. The summed E-state index contributed by atoms with van der Waals surface area (Å²) in [5.74, 6) is -0.471. The van der Waals surface area contributed by atoms with Crippen molar-refractivity contribution in [2.24, 2.45) is 5.73 Å². The van der Waals surface area contributed by atoms with Gasteiger partial charge in [0.15, 0.2) is 5.69 Å². The van der Waals surface area contributed by atoms with Gasteiger partial charge >= 0.3 is 5.97 Å². The molecule has 0 saturated carbocycles. The number of carbonyl (C=O) groups excluding carboxylic acids is 1. The molecule has 0 aliphatic rings. The number of carbonyl (C=O) groups is 1. The molecule has 1 aromatic carbocycles. The highest BCUT2D eigenvalue weighted by molar-refractivity contribution is 6.03. The molecule has 1 heterocycles. The SMILES string of the molecule is CCOC(=O)c1nnc2ccccc2c1NCCCN. The molecule has 20 heavy (non-hydrogen) atoms. The Morgan fingerprint density at radius 1 is 1.35 bits per heavy atom. The average Bonchev–Trinajstić information content (AvgIpc) is 2.47. The Labute approximate surface area is 117 Å². The third-order valence-electron chi connectivity index (χ3n) is 2.82. The summed E-state index contributed by atoms with van der Waals surface area (Å²) in [5, 5.41) is 12.1. The van der Waals surface area contributed by atoms with Gasteiger partial charge < -0.3 is 15.8 Å². The van der Waals surface area contributed by atoms with E-state index in [4.69, 9.17) is 10.5 Å². The Hall–Kier alpha value is -2.21. The Morgan fingerprint density at radius 2 is 2.15 bits per heavy atom. The van der Waals surface area contributed by atoms with Crippen LogP contribution >= 0.6 is 0 Å². The number of ether oxygens (including phenoxy) is 1. The van der Waals surface area contributed by atoms with Crippen LogP contribution in [0.3, 0.4) is 0 Å². The van der Waals surface area contributed by atoms with Gasteiger partial charge in [-0.15, -0.1) is 10.2 Å². The molecule has 0 spiro atoms. The molecule has 3 N–H and O–H groups in total. The number of nitrogens with zero attached hydrogens (tertiary/aromatic N) is 2. The summed E-state index contributed by atoms with van der Waals surface area (Å²) < 4.78 is 5.02. The number of nitrogens with one attached hydrogen (secondary N) is 1. The molecule has 6 heteroatoms. The van der Waals surface area contributed by atoms with Crippen molar-refractivity contribution >= 4 is 22.6 Å². The van der Waals surface area contributed by atoms with Crippen molar-refractivity contribution in [1.29, 1.82) is 0 Å². The molecule has 0 aliphatic carbocycles. The minimum Gasteiger partial charge on any atom is -0.461 e. The number of fused-ring (bicyclic) bond motifs is 1. The van der Waals surface area contributed by atoms with Crippen LogP contribution in [0.4, 0.5) is 5.69 Å². The fourth-order valence-corrected chi connectivity index (χ4v) is 1.89. The highest BCUT2D eigenvalue weighted by Crippen LogP contribution is 2.24. The van der Waals surface area contributed by atoms with Gasteiger partial charge in [-0.05, 0) is 26.0 Å². The lowest BCUT2D eigenvalue weighted by Gasteiger charge is -2.12. The van der Waals surface area contributed by atoms with Crippen molar-refractivity contribution in [3.8, 4) is 0 Å². The minimum atomic E-state index is -0.471. The molecule has 0 radical (unpaired) electrons. The van der Waals surface area contributed by atoms with Gasteiger partial charge in [0.1, 0.15) is 0 Å². The fraction of sp³-hybridized carbons (Fsp3) is 0.357. The zero-order valence-electron chi connectivity index (χ0n) is 11.4. The predicted octanol–water partition coefficient (Wildman–Crippen LogP) is 1.57. The highest BCUT2D eigenvalue weighted by Gasteiger charge is 2.18. The van der Waals surface area contributed by atoms with Crippen molar-refractivity contribution in [3.63, 3.8) is 0 Å². The summed E-state index contributed by atoms with van der Waals surface area (Å²) in [4.78, 5) is 12.0. The lowest BCUT2D eigenvalue weighted by Crippen LogP contribution is -2.15. The van der Waals surface area contributed by atoms with Crippen molar-refractivity contribution in [2.75, 3.05) is 25.0 Å². The van der Waals surface area contributed by atoms with Crippen LogP contribution in [0.2, 0.25) is 0 Å². The van der Waals surface area contributed by atoms with Crippen molar-refractivity contribution in [3.05, 3.63) is 30.0 Å². The van der Waals surface area contributed by atoms with Crippen LogP contribution in [0.25, 0.3) is 10.9 Å². The van der Waals surface area contributed by atoms with E-state index in [9.17, 15) is 4.79 Å². The number of hydrogen-bond acceptors (Lipinski definition) is 6. The third kappa shape index (κ3) is 3.03. The molecule has 0 fully saturated rings. The first-order valence-electron chi connectivity index (χ1n) is 6.64. The summed E-state index contributed by atoms with van der Waals surface area (Å²) in [6.07, 6.45) is 0.804. The first kappa shape index (κ1) is 14.2. The smallest absolute Gasteiger partial charge is 0.361 e. The van der Waals surface area contributed by atoms with E-state index in [0.717, 1.165) is 17.3 Å². The molecular weight excluding hydrogens is 256 g/mol. The van der Waals surface area contributed by atoms with E-state index >= 15 is 0 Å². The van der Waals surface area contributed by atoms with E-state index in [1.807, 2.05) is 24.3 Å². The maximum atomic E-state index is 12.0. The fourth-order valence-electron chi connectivity index (χ4n) is 1.89. The Morgan fingerprint density at radius 3 is 2.90 bits per heavy atom. The summed E-state index contributed by atoms with van der Waals surface area (Å²) in [7, 11) is 0. The van der Waals surface area contributed by atoms with Gasteiger partial charge in [-0.1, -0.05) is 18.2 Å². The van der Waals surface area contributed by atoms with Crippen LogP contribution in [0.15, 0.2) is 24.3 Å². The monoisotopic (exact) mass is 274 g/mol. The van der Waals surface area contributed by atoms with Crippen LogP contribution in [-0.4, -0.2) is 35.9 Å². The first-order valence-corrected chi connectivity index (χ1v) is 6.64. The van der Waals surface area contributed by atoms with Crippen LogP contribution in [-0.2, 0) is 4.74 Å². The van der Waals surface area contributed by atoms with E-state index in [1.54, 1.807) is 6.92 Å². The highest BCUT2D eigenvalue weighted by atomic mass is 16.5. The van der Waals surface area contributed by atoms with Gasteiger partial charge in [-0.2, -0.15) is 0 Å². The average molecular weight is 274 g/mol. The molecule has 0 unspecified atom stereocenters. The number of hydrogen-bond donors (Lipinski definition) is 2. The summed E-state index contributed by atoms with van der Waals surface area (Å²) in [6.45, 7) is 3.31. The van der Waals surface area contributed by atoms with E-state index < -0.39 is 5.97 Å². The molecule has 0 amide bonds. The van der Waals surface area contributed by atoms with E-state index in [2.05, 4.69) is 15.5 Å². The van der Waals surface area contributed by atoms with Gasteiger partial charge in [0.05, 0.1) is 17.8 Å². The molecule has 1 aromatic heterocycles. The van der Waals surface area contributed by atoms with Gasteiger partial charge in [0.25, 0.3) is 0 Å². The third-order valence-corrected chi connectivity index (χ3v) is 2.82. The second-order valence-corrected chi connectivity index (χ2v) is 4.23. The standard InChI is InChI=1S/C14H18N4O2/c1-2-20-14(19)13-12(16-9-5-8-15)10-6-3-4-7-11(10)17-18-13/h3-4,6-7H,2,5,8-9,15H2,1H3,(H,16,17). The lowest BCUT2D eigenvalue weighted by atomic mass is 10.1. The summed E-state index contributed by atoms with van der Waals surface area (Å²) in [6, 6.07) is 7.53. The second-order valence-electron chi connectivity index (χ2n) is 4.23. The molecule has 0 atom stereocenters. The molecule has 0 saturated heterocycles. The lowest BCUT2D eigenvalue weighted by molar-refractivity contribution is 0.0519. The maximum absolute atomic E-state index is 12.0. The molecule has 6 nitrogen and oxygen atoms in total. The number of anilines is 1. The predicted molar refractivity (Wildman–Crippen MR) is 77.7 cm³/mol. The number of aromatic nitrogens is 2. The minimum absolute atomic E-state index is 0.211. The van der Waals surface area contributed by atoms with Crippen LogP contribution in [0.5, 0.6) is 0 Å². The molecule has 0 aliphatic heterocycles. The second kappa shape index (κ2) is 6.81. The first-order chi connectivity index (χ1) is 9.77. The Kier molecular flexibility index (Phi) is 4.84. The summed E-state index contributed by atoms with van der Waals surface area (Å²) >= 11 is 0. The van der Waals surface area contributed by atoms with Gasteiger partial charge in [-0.3, -0.25) is 0 Å². The zero-order valence-corrected chi connectivity index (χ0v) is 11.4. The van der Waals surface area contributed by atoms with E-state index in [1.165, 1.54) is 0 Å². The quantitative estimate of drug-likeness (QED) is 0.614. The topological polar surface area (TPSA) is 90.1 Å². The number of rotatable bonds is 6. The zero-order chi connectivity index (χ0) is 14.4. The molecule has 2 rings (SSSR count). The number of benzene rings is 1. The van der Waals surface area contributed by atoms with E-state index in [-0.39, 0.29) is 5.69 Å². The van der Waals surface area contributed by atoms with E-state index in [0.29, 0.717) is 25.4 Å². The van der Waals surface area contributed by atoms with Crippen molar-refractivity contribution in [2.45, 2.75) is 13.3 Å². The molecule has 2 aromatic rings. The van der Waals surface area contributed by atoms with Gasteiger partial charge in [0.2, 0.25) is 0 Å². The normalized spacial score (nSPS) is 10.5. The largest absolute Gasteiger partial charge is 0.461 e. The number of nitrogens with two attached hydrogens (primary N) is 1. The van der Waals surface area contributed by atoms with Crippen LogP contribution < -0.4 is 11.1 Å². The van der Waals surface area contributed by atoms with Gasteiger partial charge in [0, 0.05) is 11.9 Å². The van der Waals surface area contributed by atoms with Crippen LogP contribution in [0.1, 0.15) is 23.8 Å².